The first-order valence-corrected chi connectivity index (χ1v) is 22.6. The molecule has 0 radical (unpaired) electrons. The summed E-state index contributed by atoms with van der Waals surface area (Å²) in [6.07, 6.45) is 1.88. The van der Waals surface area contributed by atoms with Crippen LogP contribution in [0.2, 0.25) is 18.1 Å². The molecule has 57 heavy (non-hydrogen) atoms. The van der Waals surface area contributed by atoms with Crippen LogP contribution in [0.25, 0.3) is 5.76 Å². The molecule has 1 aromatic heterocycles. The van der Waals surface area contributed by atoms with Crippen LogP contribution in [0.4, 0.5) is 5.69 Å². The monoisotopic (exact) mass is 798 g/mol. The standard InChI is InChI=1S/C43H54N4O9Si/c1-23-29(44-40(52)30-17-14-18-47(30)24(2)48)21-31(53-8)27-19-26-20-28-35(46(6)7)37-34(41(45-55-37)54-22-25-15-12-11-13-16-25)39(51)43(28,56-57(9,10)42(3,4)5)38(50)33(26)36(49)32(23)27/h11-13,15-16,21,26,28,30,35,49H,14,17-20,22H2,1-10H3,(H,44,52)/t26-,28-,30-,35-,43-/m0/s1. The summed E-state index contributed by atoms with van der Waals surface area (Å²) in [4.78, 5) is 60.7. The van der Waals surface area contributed by atoms with Crippen molar-refractivity contribution in [1.29, 1.82) is 0 Å². The number of nitrogens with one attached hydrogen (secondary N) is 1. The van der Waals surface area contributed by atoms with Crippen molar-refractivity contribution in [1.82, 2.24) is 15.0 Å². The third kappa shape index (κ3) is 6.49. The molecule has 1 aliphatic heterocycles. The number of methoxy groups -OCH3 is 1. The second kappa shape index (κ2) is 14.5. The molecule has 3 aromatic rings. The lowest BCUT2D eigenvalue weighted by Crippen LogP contribution is -2.68. The molecule has 0 spiro atoms. The Kier molecular flexibility index (Phi) is 10.3. The number of nitrogens with zero attached hydrogens (tertiary/aromatic N) is 3. The van der Waals surface area contributed by atoms with Crippen LogP contribution in [0.15, 0.2) is 46.5 Å². The van der Waals surface area contributed by atoms with Gasteiger partial charge in [-0.15, -0.1) is 0 Å². The molecular weight excluding hydrogens is 745 g/mol. The SMILES string of the molecule is COc1cc(NC(=O)[C@@H]2CCCN2C(C)=O)c(C)c2c1C[C@H]1C[C@H]3[C@H](N(C)C)c4onc(OCc5ccccc5)c4C(=O)[C@@]3(O[Si](C)(C)C(C)(C)C)C(=O)C1=C2O. The Morgan fingerprint density at radius 3 is 2.46 bits per heavy atom. The van der Waals surface area contributed by atoms with E-state index in [1.807, 2.05) is 62.4 Å². The molecule has 1 saturated carbocycles. The fourth-order valence-electron chi connectivity index (χ4n) is 9.12. The van der Waals surface area contributed by atoms with E-state index in [-0.39, 0.29) is 41.2 Å². The van der Waals surface area contributed by atoms with Crippen LogP contribution in [0.3, 0.4) is 0 Å². The van der Waals surface area contributed by atoms with E-state index in [1.165, 1.54) is 14.0 Å². The number of fused-ring (bicyclic) bond motifs is 4. The Morgan fingerprint density at radius 1 is 1.12 bits per heavy atom. The van der Waals surface area contributed by atoms with Gasteiger partial charge in [-0.25, -0.2) is 0 Å². The summed E-state index contributed by atoms with van der Waals surface area (Å²) >= 11 is 0. The van der Waals surface area contributed by atoms with Gasteiger partial charge in [0.05, 0.1) is 13.2 Å². The Hall–Kier alpha value is -4.79. The summed E-state index contributed by atoms with van der Waals surface area (Å²) in [5.74, 6) is -2.46. The number of anilines is 1. The average molecular weight is 799 g/mol. The summed E-state index contributed by atoms with van der Waals surface area (Å²) in [7, 11) is 2.35. The minimum Gasteiger partial charge on any atom is -0.507 e. The first-order valence-electron chi connectivity index (χ1n) is 19.7. The molecule has 1 saturated heterocycles. The number of aliphatic hydroxyl groups excluding tert-OH is 1. The van der Waals surface area contributed by atoms with E-state index in [1.54, 1.807) is 17.9 Å². The van der Waals surface area contributed by atoms with Gasteiger partial charge in [0.25, 0.3) is 5.88 Å². The van der Waals surface area contributed by atoms with Crippen molar-refractivity contribution in [2.45, 2.75) is 103 Å². The molecule has 2 amide bonds. The number of aliphatic hydroxyl groups is 1. The Labute approximate surface area is 334 Å². The molecule has 13 nitrogen and oxygen atoms in total. The number of ether oxygens (including phenoxy) is 2. The summed E-state index contributed by atoms with van der Waals surface area (Å²) in [5, 5.41) is 19.3. The van der Waals surface area contributed by atoms with Gasteiger partial charge in [0, 0.05) is 47.8 Å². The molecule has 2 fully saturated rings. The number of amides is 2. The lowest BCUT2D eigenvalue weighted by molar-refractivity contribution is -0.140. The zero-order chi connectivity index (χ0) is 41.4. The topological polar surface area (TPSA) is 161 Å². The molecule has 4 aliphatic rings. The second-order valence-electron chi connectivity index (χ2n) is 17.6. The third-order valence-corrected chi connectivity index (χ3v) is 17.4. The highest BCUT2D eigenvalue weighted by atomic mass is 28.4. The lowest BCUT2D eigenvalue weighted by Gasteiger charge is -2.55. The maximum atomic E-state index is 15.8. The highest BCUT2D eigenvalue weighted by molar-refractivity contribution is 6.74. The molecule has 0 unspecified atom stereocenters. The van der Waals surface area contributed by atoms with Crippen LogP contribution in [-0.2, 0) is 31.8 Å². The maximum Gasteiger partial charge on any atom is 0.265 e. The molecular formula is C43H54N4O9Si. The Morgan fingerprint density at radius 2 is 1.82 bits per heavy atom. The molecule has 7 rings (SSSR count). The Balaban J connectivity index is 1.38. The highest BCUT2D eigenvalue weighted by Crippen LogP contribution is 2.59. The molecule has 2 aromatic carbocycles. The third-order valence-electron chi connectivity index (χ3n) is 13.0. The smallest absolute Gasteiger partial charge is 0.265 e. The summed E-state index contributed by atoms with van der Waals surface area (Å²) < 4.78 is 25.3. The van der Waals surface area contributed by atoms with Crippen LogP contribution in [-0.4, -0.2) is 91.2 Å². The van der Waals surface area contributed by atoms with Gasteiger partial charge in [-0.3, -0.25) is 24.1 Å². The second-order valence-corrected chi connectivity index (χ2v) is 22.4. The number of hydrogen-bond acceptors (Lipinski definition) is 11. The summed E-state index contributed by atoms with van der Waals surface area (Å²) in [6.45, 7) is 14.0. The predicted octanol–water partition coefficient (Wildman–Crippen LogP) is 6.81. The zero-order valence-electron chi connectivity index (χ0n) is 34.6. The largest absolute Gasteiger partial charge is 0.507 e. The van der Waals surface area contributed by atoms with E-state index in [0.717, 1.165) is 5.56 Å². The van der Waals surface area contributed by atoms with Crippen LogP contribution >= 0.6 is 0 Å². The molecule has 5 atom stereocenters. The van der Waals surface area contributed by atoms with E-state index in [2.05, 4.69) is 31.2 Å². The van der Waals surface area contributed by atoms with Crippen molar-refractivity contribution in [2.75, 3.05) is 33.1 Å². The molecule has 3 aliphatic carbocycles. The summed E-state index contributed by atoms with van der Waals surface area (Å²) in [5.41, 5.74) is 0.978. The predicted molar refractivity (Wildman–Crippen MR) is 216 cm³/mol. The minimum absolute atomic E-state index is 0.0176. The highest BCUT2D eigenvalue weighted by Gasteiger charge is 2.69. The Bertz CT molecular complexity index is 2170. The van der Waals surface area contributed by atoms with Crippen LogP contribution in [0.5, 0.6) is 11.6 Å². The average Bonchev–Trinajstić information content (AvgIpc) is 3.81. The van der Waals surface area contributed by atoms with Crippen molar-refractivity contribution in [3.8, 4) is 11.6 Å². The number of aromatic nitrogens is 1. The number of carbonyl (C=O) groups excluding carboxylic acids is 4. The molecule has 0 bridgehead atoms. The first-order chi connectivity index (χ1) is 26.8. The van der Waals surface area contributed by atoms with Gasteiger partial charge >= 0.3 is 0 Å². The van der Waals surface area contributed by atoms with Crippen molar-refractivity contribution >= 4 is 43.1 Å². The quantitative estimate of drug-likeness (QED) is 0.173. The lowest BCUT2D eigenvalue weighted by atomic mass is 9.57. The van der Waals surface area contributed by atoms with Crippen molar-refractivity contribution in [3.05, 3.63) is 75.5 Å². The molecule has 2 N–H and O–H groups in total. The van der Waals surface area contributed by atoms with Gasteiger partial charge in [-0.1, -0.05) is 51.1 Å². The van der Waals surface area contributed by atoms with Gasteiger partial charge in [0.2, 0.25) is 23.4 Å². The van der Waals surface area contributed by atoms with Crippen LogP contribution in [0.1, 0.15) is 91.4 Å². The van der Waals surface area contributed by atoms with Gasteiger partial charge in [-0.05, 0) is 87.0 Å². The van der Waals surface area contributed by atoms with E-state index >= 15 is 9.59 Å². The minimum atomic E-state index is -2.93. The van der Waals surface area contributed by atoms with E-state index in [9.17, 15) is 14.7 Å². The molecule has 2 heterocycles. The number of Topliss-reactive ketones (excluding diaryl/α,β-unsaturated/α-hetero) is 2. The number of likely N-dealkylation sites (tertiary alicyclic amines) is 1. The van der Waals surface area contributed by atoms with E-state index in [0.29, 0.717) is 66.1 Å². The fourth-order valence-corrected chi connectivity index (χ4v) is 10.6. The number of benzene rings is 2. The summed E-state index contributed by atoms with van der Waals surface area (Å²) in [6, 6.07) is 9.99. The van der Waals surface area contributed by atoms with Crippen molar-refractivity contribution < 1.29 is 42.7 Å². The first kappa shape index (κ1) is 40.4. The number of rotatable bonds is 9. The van der Waals surface area contributed by atoms with Gasteiger partial charge < -0.3 is 33.7 Å². The van der Waals surface area contributed by atoms with Gasteiger partial charge in [0.15, 0.2) is 19.7 Å². The van der Waals surface area contributed by atoms with Crippen molar-refractivity contribution in [2.24, 2.45) is 11.8 Å². The fraction of sp³-hybridized carbons (Fsp3) is 0.512. The normalized spacial score (nSPS) is 24.5. The van der Waals surface area contributed by atoms with Crippen LogP contribution in [0, 0.1) is 18.8 Å². The van der Waals surface area contributed by atoms with Crippen LogP contribution < -0.4 is 14.8 Å². The van der Waals surface area contributed by atoms with Gasteiger partial charge in [0.1, 0.15) is 29.7 Å². The van der Waals surface area contributed by atoms with E-state index < -0.39 is 54.4 Å². The molecule has 304 valence electrons. The van der Waals surface area contributed by atoms with Gasteiger partial charge in [-0.2, -0.15) is 0 Å². The number of carbonyl (C=O) groups is 4. The van der Waals surface area contributed by atoms with E-state index in [4.69, 9.17) is 18.4 Å². The zero-order valence-corrected chi connectivity index (χ0v) is 35.6. The maximum absolute atomic E-state index is 15.8. The van der Waals surface area contributed by atoms with Crippen molar-refractivity contribution in [3.63, 3.8) is 0 Å². The number of ketones is 2. The molecule has 14 heteroatoms. The number of hydrogen-bond donors (Lipinski definition) is 2.